The highest BCUT2D eigenvalue weighted by molar-refractivity contribution is 6.58. The molecule has 0 spiro atoms. The highest BCUT2D eigenvalue weighted by Gasteiger charge is 2.15. The van der Waals surface area contributed by atoms with Crippen LogP contribution in [0.5, 0.6) is 11.5 Å². The molecule has 0 aliphatic heterocycles. The second kappa shape index (κ2) is 7.09. The third-order valence-electron chi connectivity index (χ3n) is 4.92. The molecule has 0 saturated carbocycles. The predicted molar refractivity (Wildman–Crippen MR) is 115 cm³/mol. The van der Waals surface area contributed by atoms with E-state index < -0.39 is 7.12 Å². The largest absolute Gasteiger partial charge is 0.488 e. The van der Waals surface area contributed by atoms with Gasteiger partial charge in [0.05, 0.1) is 11.0 Å². The molecule has 0 aliphatic rings. The lowest BCUT2D eigenvalue weighted by molar-refractivity contribution is 0.425. The van der Waals surface area contributed by atoms with E-state index in [2.05, 4.69) is 21.7 Å². The van der Waals surface area contributed by atoms with Crippen molar-refractivity contribution in [1.29, 1.82) is 0 Å². The first-order chi connectivity index (χ1) is 14.2. The first kappa shape index (κ1) is 17.5. The van der Waals surface area contributed by atoms with Gasteiger partial charge in [-0.1, -0.05) is 36.4 Å². The number of hydrogen-bond acceptors (Lipinski definition) is 4. The molecule has 2 heterocycles. The molecule has 29 heavy (non-hydrogen) atoms. The Balaban J connectivity index is 1.67. The molecule has 0 aliphatic carbocycles. The van der Waals surface area contributed by atoms with Gasteiger partial charge in [0.2, 0.25) is 0 Å². The van der Waals surface area contributed by atoms with Crippen molar-refractivity contribution in [2.24, 2.45) is 0 Å². The molecule has 0 radical (unpaired) electrons. The normalized spacial score (nSPS) is 11.1. The fourth-order valence-electron chi connectivity index (χ4n) is 3.62. The monoisotopic (exact) mass is 380 g/mol. The standard InChI is InChI=1S/C23H17BN2O3/c27-24(28)16-6-5-7-17(14-16)29-18-11-12-20-19-8-1-2-9-21(19)26(22(20)15-18)23-10-3-4-13-25-23/h1-15,27-28H. The van der Waals surface area contributed by atoms with E-state index in [4.69, 9.17) is 4.74 Å². The zero-order valence-corrected chi connectivity index (χ0v) is 15.4. The van der Waals surface area contributed by atoms with Crippen molar-refractivity contribution in [3.8, 4) is 17.3 Å². The van der Waals surface area contributed by atoms with Crippen molar-refractivity contribution in [2.45, 2.75) is 0 Å². The van der Waals surface area contributed by atoms with Gasteiger partial charge in [0.25, 0.3) is 0 Å². The number of pyridine rings is 1. The molecular weight excluding hydrogens is 363 g/mol. The zero-order valence-electron chi connectivity index (χ0n) is 15.4. The second-order valence-corrected chi connectivity index (χ2v) is 6.77. The van der Waals surface area contributed by atoms with Crippen LogP contribution in [0.15, 0.2) is 91.1 Å². The van der Waals surface area contributed by atoms with E-state index in [1.54, 1.807) is 30.5 Å². The molecule has 140 valence electrons. The van der Waals surface area contributed by atoms with Crippen LogP contribution in [-0.4, -0.2) is 26.7 Å². The summed E-state index contributed by atoms with van der Waals surface area (Å²) in [6.07, 6.45) is 1.78. The van der Waals surface area contributed by atoms with Crippen LogP contribution in [0.3, 0.4) is 0 Å². The van der Waals surface area contributed by atoms with Crippen LogP contribution in [0.4, 0.5) is 0 Å². The minimum atomic E-state index is -1.53. The van der Waals surface area contributed by atoms with Gasteiger partial charge in [-0.05, 0) is 47.9 Å². The summed E-state index contributed by atoms with van der Waals surface area (Å²) in [6, 6.07) is 26.8. The van der Waals surface area contributed by atoms with Crippen LogP contribution in [0.25, 0.3) is 27.6 Å². The van der Waals surface area contributed by atoms with Gasteiger partial charge < -0.3 is 14.8 Å². The number of para-hydroxylation sites is 1. The minimum absolute atomic E-state index is 0.381. The molecule has 2 N–H and O–H groups in total. The molecule has 0 atom stereocenters. The van der Waals surface area contributed by atoms with Crippen molar-refractivity contribution >= 4 is 34.4 Å². The molecular formula is C23H17BN2O3. The highest BCUT2D eigenvalue weighted by Crippen LogP contribution is 2.34. The van der Waals surface area contributed by atoms with E-state index in [0.29, 0.717) is 17.0 Å². The number of nitrogens with zero attached hydrogens (tertiary/aromatic N) is 2. The maximum atomic E-state index is 9.39. The van der Waals surface area contributed by atoms with Crippen molar-refractivity contribution < 1.29 is 14.8 Å². The molecule has 6 heteroatoms. The fraction of sp³-hybridized carbons (Fsp3) is 0. The van der Waals surface area contributed by atoms with Gasteiger partial charge in [0.1, 0.15) is 17.3 Å². The average Bonchev–Trinajstić information content (AvgIpc) is 3.08. The number of fused-ring (bicyclic) bond motifs is 3. The van der Waals surface area contributed by atoms with Crippen molar-refractivity contribution in [3.63, 3.8) is 0 Å². The summed E-state index contributed by atoms with van der Waals surface area (Å²) in [7, 11) is -1.53. The Bertz CT molecular complexity index is 1320. The SMILES string of the molecule is OB(O)c1cccc(Oc2ccc3c4ccccc4n(-c4ccccn4)c3c2)c1. The molecule has 0 unspecified atom stereocenters. The molecule has 5 nitrogen and oxygen atoms in total. The maximum Gasteiger partial charge on any atom is 0.488 e. The lowest BCUT2D eigenvalue weighted by atomic mass is 9.80. The van der Waals surface area contributed by atoms with Gasteiger partial charge in [0.15, 0.2) is 0 Å². The number of rotatable bonds is 4. The van der Waals surface area contributed by atoms with E-state index in [0.717, 1.165) is 27.6 Å². The number of hydrogen-bond donors (Lipinski definition) is 2. The van der Waals surface area contributed by atoms with Crippen molar-refractivity contribution in [2.75, 3.05) is 0 Å². The Labute approximate surface area is 167 Å². The molecule has 0 bridgehead atoms. The Morgan fingerprint density at radius 2 is 1.52 bits per heavy atom. The topological polar surface area (TPSA) is 67.5 Å². The van der Waals surface area contributed by atoms with Crippen LogP contribution < -0.4 is 10.2 Å². The Morgan fingerprint density at radius 1 is 0.724 bits per heavy atom. The summed E-state index contributed by atoms with van der Waals surface area (Å²) >= 11 is 0. The van der Waals surface area contributed by atoms with Gasteiger partial charge in [-0.2, -0.15) is 0 Å². The van der Waals surface area contributed by atoms with Gasteiger partial charge in [-0.25, -0.2) is 4.98 Å². The van der Waals surface area contributed by atoms with E-state index >= 15 is 0 Å². The lowest BCUT2D eigenvalue weighted by Crippen LogP contribution is -2.29. The Hall–Kier alpha value is -3.61. The molecule has 0 fully saturated rings. The second-order valence-electron chi connectivity index (χ2n) is 6.77. The fourth-order valence-corrected chi connectivity index (χ4v) is 3.62. The van der Waals surface area contributed by atoms with Crippen molar-refractivity contribution in [1.82, 2.24) is 9.55 Å². The van der Waals surface area contributed by atoms with Crippen LogP contribution in [-0.2, 0) is 0 Å². The van der Waals surface area contributed by atoms with Crippen LogP contribution >= 0.6 is 0 Å². The summed E-state index contributed by atoms with van der Waals surface area (Å²) in [5, 5.41) is 21.0. The average molecular weight is 380 g/mol. The molecule has 5 aromatic rings. The zero-order chi connectivity index (χ0) is 19.8. The van der Waals surface area contributed by atoms with Crippen LogP contribution in [0.2, 0.25) is 0 Å². The Kier molecular flexibility index (Phi) is 4.28. The van der Waals surface area contributed by atoms with E-state index in [1.807, 2.05) is 48.5 Å². The lowest BCUT2D eigenvalue weighted by Gasteiger charge is -2.09. The minimum Gasteiger partial charge on any atom is -0.457 e. The quantitative estimate of drug-likeness (QED) is 0.467. The number of ether oxygens (including phenoxy) is 1. The van der Waals surface area contributed by atoms with E-state index in [1.165, 1.54) is 0 Å². The molecule has 0 amide bonds. The number of aromatic nitrogens is 2. The third-order valence-corrected chi connectivity index (χ3v) is 4.92. The Morgan fingerprint density at radius 3 is 2.34 bits per heavy atom. The molecule has 3 aromatic carbocycles. The summed E-state index contributed by atoms with van der Waals surface area (Å²) in [6.45, 7) is 0. The third kappa shape index (κ3) is 3.14. The number of benzene rings is 3. The van der Waals surface area contributed by atoms with E-state index in [9.17, 15) is 10.0 Å². The first-order valence-electron chi connectivity index (χ1n) is 9.29. The van der Waals surface area contributed by atoms with Gasteiger partial charge in [-0.15, -0.1) is 0 Å². The van der Waals surface area contributed by atoms with Crippen molar-refractivity contribution in [3.05, 3.63) is 91.1 Å². The molecule has 2 aromatic heterocycles. The van der Waals surface area contributed by atoms with Crippen LogP contribution in [0.1, 0.15) is 0 Å². The maximum absolute atomic E-state index is 9.39. The van der Waals surface area contributed by atoms with E-state index in [-0.39, 0.29) is 0 Å². The van der Waals surface area contributed by atoms with Gasteiger partial charge >= 0.3 is 7.12 Å². The first-order valence-corrected chi connectivity index (χ1v) is 9.29. The summed E-state index contributed by atoms with van der Waals surface area (Å²) in [5.41, 5.74) is 2.44. The molecule has 0 saturated heterocycles. The summed E-state index contributed by atoms with van der Waals surface area (Å²) in [5.74, 6) is 2.03. The van der Waals surface area contributed by atoms with Crippen LogP contribution in [0, 0.1) is 0 Å². The highest BCUT2D eigenvalue weighted by atomic mass is 16.5. The van der Waals surface area contributed by atoms with Gasteiger partial charge in [0, 0.05) is 23.0 Å². The predicted octanol–water partition coefficient (Wildman–Crippen LogP) is 3.65. The summed E-state index contributed by atoms with van der Waals surface area (Å²) < 4.78 is 8.12. The molecule has 5 rings (SSSR count). The smallest absolute Gasteiger partial charge is 0.457 e. The van der Waals surface area contributed by atoms with Gasteiger partial charge in [-0.3, -0.25) is 4.57 Å². The summed E-state index contributed by atoms with van der Waals surface area (Å²) in [4.78, 5) is 4.53.